The maximum atomic E-state index is 12.2. The van der Waals surface area contributed by atoms with Gasteiger partial charge in [0.2, 0.25) is 0 Å². The maximum Gasteiger partial charge on any atom is 0.260 e. The van der Waals surface area contributed by atoms with Crippen LogP contribution in [0.2, 0.25) is 0 Å². The number of carbonyl (C=O) groups excluding carboxylic acids is 1. The summed E-state index contributed by atoms with van der Waals surface area (Å²) in [5.41, 5.74) is -0.293. The van der Waals surface area contributed by atoms with Crippen molar-refractivity contribution in [1.29, 1.82) is 0 Å². The van der Waals surface area contributed by atoms with E-state index >= 15 is 0 Å². The minimum atomic E-state index is -0.293. The highest BCUT2D eigenvalue weighted by atomic mass is 16.5. The Morgan fingerprint density at radius 2 is 2.05 bits per heavy atom. The third kappa shape index (κ3) is 3.63. The Balaban J connectivity index is 1.92. The van der Waals surface area contributed by atoms with Gasteiger partial charge in [0.05, 0.1) is 19.3 Å². The molecule has 2 rings (SSSR count). The lowest BCUT2D eigenvalue weighted by Crippen LogP contribution is -2.51. The molecule has 5 nitrogen and oxygen atoms in total. The number of amides is 1. The summed E-state index contributed by atoms with van der Waals surface area (Å²) in [6, 6.07) is 7.30. The first-order chi connectivity index (χ1) is 9.52. The summed E-state index contributed by atoms with van der Waals surface area (Å²) < 4.78 is 16.3. The molecule has 0 aliphatic carbocycles. The van der Waals surface area contributed by atoms with Crippen LogP contribution in [0.1, 0.15) is 13.8 Å². The first kappa shape index (κ1) is 14.7. The van der Waals surface area contributed by atoms with Crippen LogP contribution in [0.4, 0.5) is 0 Å². The largest absolute Gasteiger partial charge is 0.493 e. The van der Waals surface area contributed by atoms with Crippen molar-refractivity contribution >= 4 is 5.91 Å². The molecule has 1 aliphatic rings. The molecule has 0 spiro atoms. The fourth-order valence-electron chi connectivity index (χ4n) is 2.20. The molecule has 20 heavy (non-hydrogen) atoms. The third-order valence-electron chi connectivity index (χ3n) is 3.20. The van der Waals surface area contributed by atoms with Crippen LogP contribution in [0.5, 0.6) is 11.5 Å². The van der Waals surface area contributed by atoms with Crippen LogP contribution in [0.3, 0.4) is 0 Å². The SMILES string of the molecule is COc1ccccc1OCC(=O)N1CCOC(C)(C)C1. The van der Waals surface area contributed by atoms with E-state index < -0.39 is 0 Å². The highest BCUT2D eigenvalue weighted by Gasteiger charge is 2.30. The summed E-state index contributed by atoms with van der Waals surface area (Å²) >= 11 is 0. The third-order valence-corrected chi connectivity index (χ3v) is 3.20. The van der Waals surface area contributed by atoms with Crippen molar-refractivity contribution in [3.8, 4) is 11.5 Å². The van der Waals surface area contributed by atoms with Crippen LogP contribution in [-0.4, -0.2) is 49.8 Å². The Hall–Kier alpha value is -1.75. The molecular formula is C15H21NO4. The van der Waals surface area contributed by atoms with Gasteiger partial charge in [-0.3, -0.25) is 4.79 Å². The van der Waals surface area contributed by atoms with Crippen molar-refractivity contribution in [2.75, 3.05) is 33.4 Å². The van der Waals surface area contributed by atoms with Crippen molar-refractivity contribution in [2.45, 2.75) is 19.4 Å². The second kappa shape index (κ2) is 6.13. The lowest BCUT2D eigenvalue weighted by atomic mass is 10.1. The fraction of sp³-hybridized carbons (Fsp3) is 0.533. The van der Waals surface area contributed by atoms with Crippen LogP contribution < -0.4 is 9.47 Å². The fourth-order valence-corrected chi connectivity index (χ4v) is 2.20. The smallest absolute Gasteiger partial charge is 0.260 e. The molecule has 1 aromatic carbocycles. The van der Waals surface area contributed by atoms with Crippen LogP contribution in [-0.2, 0) is 9.53 Å². The minimum absolute atomic E-state index is 0.0104. The second-order valence-electron chi connectivity index (χ2n) is 5.36. The zero-order valence-electron chi connectivity index (χ0n) is 12.2. The molecule has 0 atom stereocenters. The number of nitrogens with zero attached hydrogens (tertiary/aromatic N) is 1. The molecule has 0 saturated carbocycles. The number of methoxy groups -OCH3 is 1. The standard InChI is InChI=1S/C15H21NO4/c1-15(2)11-16(8-9-20-15)14(17)10-19-13-7-5-4-6-12(13)18-3/h4-7H,8-11H2,1-3H3. The molecule has 1 aromatic rings. The normalized spacial score (nSPS) is 17.6. The Morgan fingerprint density at radius 3 is 2.70 bits per heavy atom. The molecule has 110 valence electrons. The molecule has 1 amide bonds. The van der Waals surface area contributed by atoms with Gasteiger partial charge in [-0.25, -0.2) is 0 Å². The van der Waals surface area contributed by atoms with Gasteiger partial charge in [0.15, 0.2) is 18.1 Å². The molecular weight excluding hydrogens is 258 g/mol. The molecule has 0 bridgehead atoms. The number of benzene rings is 1. The van der Waals surface area contributed by atoms with E-state index in [9.17, 15) is 4.79 Å². The Labute approximate surface area is 119 Å². The molecule has 0 aromatic heterocycles. The van der Waals surface area contributed by atoms with Crippen molar-refractivity contribution in [1.82, 2.24) is 4.90 Å². The van der Waals surface area contributed by atoms with E-state index in [0.717, 1.165) is 0 Å². The Kier molecular flexibility index (Phi) is 4.49. The summed E-state index contributed by atoms with van der Waals surface area (Å²) in [5, 5.41) is 0. The second-order valence-corrected chi connectivity index (χ2v) is 5.36. The highest BCUT2D eigenvalue weighted by molar-refractivity contribution is 5.78. The number of para-hydroxylation sites is 2. The van der Waals surface area contributed by atoms with Gasteiger partial charge in [-0.05, 0) is 26.0 Å². The first-order valence-electron chi connectivity index (χ1n) is 6.69. The lowest BCUT2D eigenvalue weighted by molar-refractivity contribution is -0.147. The average molecular weight is 279 g/mol. The summed E-state index contributed by atoms with van der Waals surface area (Å²) in [6.07, 6.45) is 0. The van der Waals surface area contributed by atoms with Gasteiger partial charge >= 0.3 is 0 Å². The number of morpholine rings is 1. The summed E-state index contributed by atoms with van der Waals surface area (Å²) in [6.45, 7) is 5.73. The van der Waals surface area contributed by atoms with E-state index in [0.29, 0.717) is 31.2 Å². The molecule has 1 fully saturated rings. The molecule has 5 heteroatoms. The van der Waals surface area contributed by atoms with Gasteiger partial charge in [-0.1, -0.05) is 12.1 Å². The number of hydrogen-bond acceptors (Lipinski definition) is 4. The monoisotopic (exact) mass is 279 g/mol. The molecule has 0 N–H and O–H groups in total. The van der Waals surface area contributed by atoms with E-state index in [2.05, 4.69) is 0 Å². The summed E-state index contributed by atoms with van der Waals surface area (Å²) in [4.78, 5) is 13.9. The van der Waals surface area contributed by atoms with Crippen molar-refractivity contribution in [3.05, 3.63) is 24.3 Å². The number of carbonyl (C=O) groups is 1. The predicted octanol–water partition coefficient (Wildman–Crippen LogP) is 1.71. The average Bonchev–Trinajstić information content (AvgIpc) is 2.44. The van der Waals surface area contributed by atoms with Crippen LogP contribution in [0, 0.1) is 0 Å². The number of hydrogen-bond donors (Lipinski definition) is 0. The van der Waals surface area contributed by atoms with Gasteiger partial charge in [0.25, 0.3) is 5.91 Å². The minimum Gasteiger partial charge on any atom is -0.493 e. The number of ether oxygens (including phenoxy) is 3. The van der Waals surface area contributed by atoms with E-state index in [1.807, 2.05) is 26.0 Å². The van der Waals surface area contributed by atoms with Crippen molar-refractivity contribution < 1.29 is 19.0 Å². The van der Waals surface area contributed by atoms with Crippen molar-refractivity contribution in [3.63, 3.8) is 0 Å². The summed E-state index contributed by atoms with van der Waals surface area (Å²) in [7, 11) is 1.58. The topological polar surface area (TPSA) is 48.0 Å². The van der Waals surface area contributed by atoms with Crippen LogP contribution in [0.25, 0.3) is 0 Å². The van der Waals surface area contributed by atoms with Gasteiger partial charge in [0, 0.05) is 13.1 Å². The first-order valence-corrected chi connectivity index (χ1v) is 6.69. The van der Waals surface area contributed by atoms with Gasteiger partial charge < -0.3 is 19.1 Å². The van der Waals surface area contributed by atoms with E-state index in [-0.39, 0.29) is 18.1 Å². The Morgan fingerprint density at radius 1 is 1.35 bits per heavy atom. The zero-order valence-corrected chi connectivity index (χ0v) is 12.2. The van der Waals surface area contributed by atoms with E-state index in [4.69, 9.17) is 14.2 Å². The van der Waals surface area contributed by atoms with Crippen molar-refractivity contribution in [2.24, 2.45) is 0 Å². The number of rotatable bonds is 4. The molecule has 1 heterocycles. The lowest BCUT2D eigenvalue weighted by Gasteiger charge is -2.38. The molecule has 0 unspecified atom stereocenters. The van der Waals surface area contributed by atoms with E-state index in [1.165, 1.54) is 0 Å². The highest BCUT2D eigenvalue weighted by Crippen LogP contribution is 2.25. The van der Waals surface area contributed by atoms with Gasteiger partial charge in [0.1, 0.15) is 0 Å². The van der Waals surface area contributed by atoms with E-state index in [1.54, 1.807) is 24.1 Å². The van der Waals surface area contributed by atoms with Gasteiger partial charge in [-0.2, -0.15) is 0 Å². The Bertz CT molecular complexity index is 473. The van der Waals surface area contributed by atoms with Crippen LogP contribution >= 0.6 is 0 Å². The maximum absolute atomic E-state index is 12.2. The quantitative estimate of drug-likeness (QED) is 0.842. The summed E-state index contributed by atoms with van der Waals surface area (Å²) in [5.74, 6) is 1.17. The molecule has 1 aliphatic heterocycles. The molecule has 1 saturated heterocycles. The van der Waals surface area contributed by atoms with Gasteiger partial charge in [-0.15, -0.1) is 0 Å². The van der Waals surface area contributed by atoms with Crippen LogP contribution in [0.15, 0.2) is 24.3 Å². The predicted molar refractivity (Wildman–Crippen MR) is 75.1 cm³/mol. The molecule has 0 radical (unpaired) electrons. The zero-order chi connectivity index (χ0) is 14.6.